The molecule has 1 nitrogen and oxygen atoms in total. The van der Waals surface area contributed by atoms with Gasteiger partial charge in [0.05, 0.1) is 0 Å². The first-order chi connectivity index (χ1) is 9.08. The lowest BCUT2D eigenvalue weighted by atomic mass is 10.2. The Balaban J connectivity index is 2.43. The first-order valence-corrected chi connectivity index (χ1v) is 7.99. The molecule has 0 aliphatic heterocycles. The van der Waals surface area contributed by atoms with E-state index in [1.54, 1.807) is 0 Å². The van der Waals surface area contributed by atoms with E-state index >= 15 is 0 Å². The Labute approximate surface area is 122 Å². The lowest BCUT2D eigenvalue weighted by molar-refractivity contribution is 0.632. The highest BCUT2D eigenvalue weighted by Gasteiger charge is 1.96. The molecule has 1 rings (SSSR count). The van der Waals surface area contributed by atoms with Crippen molar-refractivity contribution in [2.24, 2.45) is 10.9 Å². The molecular formula is C17H25NS. The Morgan fingerprint density at radius 3 is 2.37 bits per heavy atom. The van der Waals surface area contributed by atoms with Crippen LogP contribution in [0.25, 0.3) is 6.08 Å². The average molecular weight is 275 g/mol. The van der Waals surface area contributed by atoms with Crippen molar-refractivity contribution >= 4 is 24.1 Å². The van der Waals surface area contributed by atoms with Crippen LogP contribution in [0.5, 0.6) is 0 Å². The van der Waals surface area contributed by atoms with E-state index in [0.29, 0.717) is 6.04 Å². The van der Waals surface area contributed by atoms with E-state index in [1.165, 1.54) is 22.6 Å². The molecule has 0 saturated heterocycles. The third-order valence-corrected chi connectivity index (χ3v) is 3.65. The number of allylic oxidation sites excluding steroid dienone is 1. The monoisotopic (exact) mass is 275 g/mol. The van der Waals surface area contributed by atoms with Gasteiger partial charge in [-0.15, -0.1) is 11.8 Å². The van der Waals surface area contributed by atoms with Crippen LogP contribution < -0.4 is 0 Å². The van der Waals surface area contributed by atoms with E-state index in [4.69, 9.17) is 0 Å². The summed E-state index contributed by atoms with van der Waals surface area (Å²) in [7, 11) is 0. The minimum atomic E-state index is 0.365. The van der Waals surface area contributed by atoms with E-state index in [-0.39, 0.29) is 0 Å². The van der Waals surface area contributed by atoms with E-state index in [9.17, 15) is 0 Å². The predicted molar refractivity (Wildman–Crippen MR) is 89.3 cm³/mol. The number of thioether (sulfide) groups is 1. The molecular weight excluding hydrogens is 250 g/mol. The van der Waals surface area contributed by atoms with Crippen LogP contribution in [0.2, 0.25) is 0 Å². The third kappa shape index (κ3) is 7.89. The molecule has 104 valence electrons. The summed E-state index contributed by atoms with van der Waals surface area (Å²) in [6.07, 6.45) is 7.24. The Morgan fingerprint density at radius 2 is 1.79 bits per heavy atom. The summed E-state index contributed by atoms with van der Waals surface area (Å²) < 4.78 is 0. The molecule has 0 atom stereocenters. The number of hydrogen-bond acceptors (Lipinski definition) is 2. The van der Waals surface area contributed by atoms with Crippen LogP contribution in [-0.4, -0.2) is 18.0 Å². The van der Waals surface area contributed by atoms with Gasteiger partial charge in [0.15, 0.2) is 0 Å². The van der Waals surface area contributed by atoms with Crippen LogP contribution in [0.4, 0.5) is 0 Å². The second-order valence-corrected chi connectivity index (χ2v) is 6.52. The van der Waals surface area contributed by atoms with Gasteiger partial charge < -0.3 is 0 Å². The molecule has 0 aliphatic rings. The second kappa shape index (κ2) is 8.98. The maximum Gasteiger partial charge on any atom is 0.0443 e. The molecule has 0 amide bonds. The summed E-state index contributed by atoms with van der Waals surface area (Å²) >= 11 is 1.94. The van der Waals surface area contributed by atoms with Gasteiger partial charge in [0.2, 0.25) is 0 Å². The Bertz CT molecular complexity index is 402. The van der Waals surface area contributed by atoms with Crippen molar-refractivity contribution in [2.75, 3.05) is 5.75 Å². The van der Waals surface area contributed by atoms with Gasteiger partial charge in [-0.25, -0.2) is 0 Å². The van der Waals surface area contributed by atoms with E-state index in [0.717, 1.165) is 5.92 Å². The molecule has 0 spiro atoms. The number of nitrogens with zero attached hydrogens (tertiary/aromatic N) is 1. The molecule has 0 N–H and O–H groups in total. The zero-order valence-corrected chi connectivity index (χ0v) is 13.3. The predicted octanol–water partition coefficient (Wildman–Crippen LogP) is 5.32. The lowest BCUT2D eigenvalue weighted by Gasteiger charge is -2.04. The van der Waals surface area contributed by atoms with Gasteiger partial charge in [-0.05, 0) is 55.7 Å². The molecule has 19 heavy (non-hydrogen) atoms. The highest BCUT2D eigenvalue weighted by atomic mass is 32.2. The summed E-state index contributed by atoms with van der Waals surface area (Å²) in [6.45, 7) is 8.70. The second-order valence-electron chi connectivity index (χ2n) is 5.35. The summed E-state index contributed by atoms with van der Waals surface area (Å²) in [5, 5.41) is 0. The number of hydrogen-bond donors (Lipinski definition) is 0. The van der Waals surface area contributed by atoms with Gasteiger partial charge in [0.1, 0.15) is 0 Å². The minimum Gasteiger partial charge on any atom is -0.290 e. The average Bonchev–Trinajstić information content (AvgIpc) is 2.36. The molecule has 0 saturated carbocycles. The topological polar surface area (TPSA) is 12.4 Å². The fourth-order valence-electron chi connectivity index (χ4n) is 1.46. The van der Waals surface area contributed by atoms with Crippen LogP contribution in [0.3, 0.4) is 0 Å². The maximum atomic E-state index is 4.30. The fourth-order valence-corrected chi connectivity index (χ4v) is 2.62. The van der Waals surface area contributed by atoms with E-state index in [2.05, 4.69) is 63.0 Å². The first-order valence-electron chi connectivity index (χ1n) is 7.00. The van der Waals surface area contributed by atoms with Crippen molar-refractivity contribution in [1.29, 1.82) is 0 Å². The van der Waals surface area contributed by atoms with Crippen molar-refractivity contribution < 1.29 is 0 Å². The summed E-state index contributed by atoms with van der Waals surface area (Å²) in [5.41, 5.74) is 1.23. The molecule has 2 heteroatoms. The largest absolute Gasteiger partial charge is 0.290 e. The molecule has 0 bridgehead atoms. The molecule has 1 aromatic rings. The molecule has 0 fully saturated rings. The lowest BCUT2D eigenvalue weighted by Crippen LogP contribution is -1.89. The summed E-state index contributed by atoms with van der Waals surface area (Å²) in [4.78, 5) is 5.65. The molecule has 0 radical (unpaired) electrons. The normalized spacial score (nSPS) is 12.3. The van der Waals surface area contributed by atoms with Gasteiger partial charge in [0, 0.05) is 17.2 Å². The van der Waals surface area contributed by atoms with Crippen molar-refractivity contribution in [3.8, 4) is 0 Å². The van der Waals surface area contributed by atoms with E-state index < -0.39 is 0 Å². The standard InChI is InChI=1S/C17H25NS/c1-14(2)11-13-19-17-9-7-16(8-10-17)6-5-12-18-15(3)4/h5-10,12,14-15H,11,13H2,1-4H3. The van der Waals surface area contributed by atoms with Crippen LogP contribution in [0.1, 0.15) is 39.7 Å². The Kier molecular flexibility index (Phi) is 7.57. The van der Waals surface area contributed by atoms with Crippen molar-refractivity contribution in [3.05, 3.63) is 35.9 Å². The van der Waals surface area contributed by atoms with Crippen molar-refractivity contribution in [1.82, 2.24) is 0 Å². The maximum absolute atomic E-state index is 4.30. The Morgan fingerprint density at radius 1 is 1.11 bits per heavy atom. The van der Waals surface area contributed by atoms with Crippen LogP contribution in [-0.2, 0) is 0 Å². The Hall–Kier alpha value is -1.02. The van der Waals surface area contributed by atoms with Gasteiger partial charge >= 0.3 is 0 Å². The van der Waals surface area contributed by atoms with Crippen LogP contribution in [0, 0.1) is 5.92 Å². The van der Waals surface area contributed by atoms with Gasteiger partial charge in [-0.2, -0.15) is 0 Å². The summed E-state index contributed by atoms with van der Waals surface area (Å²) in [5.74, 6) is 1.99. The van der Waals surface area contributed by atoms with E-state index in [1.807, 2.05) is 24.1 Å². The van der Waals surface area contributed by atoms with Crippen molar-refractivity contribution in [3.63, 3.8) is 0 Å². The molecule has 1 aromatic carbocycles. The number of rotatable bonds is 7. The molecule has 0 aromatic heterocycles. The van der Waals surface area contributed by atoms with Crippen molar-refractivity contribution in [2.45, 2.75) is 45.1 Å². The SMILES string of the molecule is CC(C)CCSc1ccc(C=CC=NC(C)C)cc1. The smallest absolute Gasteiger partial charge is 0.0443 e. The molecule has 0 aliphatic carbocycles. The molecule has 0 heterocycles. The third-order valence-electron chi connectivity index (χ3n) is 2.60. The quantitative estimate of drug-likeness (QED) is 0.485. The zero-order chi connectivity index (χ0) is 14.1. The summed E-state index contributed by atoms with van der Waals surface area (Å²) in [6, 6.07) is 9.09. The minimum absolute atomic E-state index is 0.365. The van der Waals surface area contributed by atoms with Gasteiger partial charge in [-0.3, -0.25) is 4.99 Å². The van der Waals surface area contributed by atoms with Crippen LogP contribution in [0.15, 0.2) is 40.2 Å². The fraction of sp³-hybridized carbons (Fsp3) is 0.471. The van der Waals surface area contributed by atoms with Gasteiger partial charge in [-0.1, -0.05) is 32.1 Å². The van der Waals surface area contributed by atoms with Gasteiger partial charge in [0.25, 0.3) is 0 Å². The highest BCUT2D eigenvalue weighted by molar-refractivity contribution is 7.99. The number of benzene rings is 1. The van der Waals surface area contributed by atoms with Crippen LogP contribution >= 0.6 is 11.8 Å². The highest BCUT2D eigenvalue weighted by Crippen LogP contribution is 2.21. The number of aliphatic imine (C=N–C) groups is 1. The first kappa shape index (κ1) is 16.0. The molecule has 0 unspecified atom stereocenters. The zero-order valence-electron chi connectivity index (χ0n) is 12.5.